The molecule has 13 heavy (non-hydrogen) atoms. The lowest BCUT2D eigenvalue weighted by molar-refractivity contribution is -0.127. The van der Waals surface area contributed by atoms with E-state index in [4.69, 9.17) is 5.73 Å². The first-order valence-electron chi connectivity index (χ1n) is 3.97. The molecule has 0 aliphatic rings. The van der Waals surface area contributed by atoms with Crippen molar-refractivity contribution in [1.29, 1.82) is 0 Å². The maximum Gasteiger partial charge on any atom is 0.232 e. The molecule has 1 aromatic rings. The Bertz CT molecular complexity index is 305. The summed E-state index contributed by atoms with van der Waals surface area (Å²) in [6, 6.07) is 8.80. The van der Waals surface area contributed by atoms with E-state index in [1.54, 1.807) is 24.3 Å². The van der Waals surface area contributed by atoms with Crippen LogP contribution in [-0.2, 0) is 9.59 Å². The van der Waals surface area contributed by atoms with E-state index >= 15 is 0 Å². The second-order valence-corrected chi connectivity index (χ2v) is 2.86. The lowest BCUT2D eigenvalue weighted by Crippen LogP contribution is -2.26. The molecule has 0 heterocycles. The van der Waals surface area contributed by atoms with E-state index in [0.29, 0.717) is 5.56 Å². The van der Waals surface area contributed by atoms with Crippen molar-refractivity contribution in [3.05, 3.63) is 35.9 Å². The van der Waals surface area contributed by atoms with Gasteiger partial charge in [-0.1, -0.05) is 30.3 Å². The molecule has 1 atom stereocenters. The highest BCUT2D eigenvalue weighted by molar-refractivity contribution is 6.04. The molecule has 3 nitrogen and oxygen atoms in total. The molecule has 0 bridgehead atoms. The van der Waals surface area contributed by atoms with E-state index in [9.17, 15) is 9.59 Å². The summed E-state index contributed by atoms with van der Waals surface area (Å²) in [4.78, 5) is 22.0. The number of hydrogen-bond donors (Lipinski definition) is 1. The van der Waals surface area contributed by atoms with Gasteiger partial charge in [0.05, 0.1) is 0 Å². The number of Topliss-reactive ketones (excluding diaryl/α,β-unsaturated/α-hetero) is 1. The topological polar surface area (TPSA) is 60.2 Å². The lowest BCUT2D eigenvalue weighted by Gasteiger charge is -2.08. The highest BCUT2D eigenvalue weighted by Gasteiger charge is 2.21. The SMILES string of the molecule is CC(=O)C(C(N)=O)c1ccccc1. The standard InChI is InChI=1S/C10H11NO2/c1-7(12)9(10(11)13)8-5-3-2-4-6-8/h2-6,9H,1H3,(H2,11,13). The van der Waals surface area contributed by atoms with Crippen LogP contribution in [-0.4, -0.2) is 11.7 Å². The highest BCUT2D eigenvalue weighted by Crippen LogP contribution is 2.15. The van der Waals surface area contributed by atoms with Gasteiger partial charge in [-0.15, -0.1) is 0 Å². The number of nitrogens with two attached hydrogens (primary N) is 1. The number of primary amides is 1. The van der Waals surface area contributed by atoms with Crippen molar-refractivity contribution in [2.45, 2.75) is 12.8 Å². The zero-order chi connectivity index (χ0) is 9.84. The largest absolute Gasteiger partial charge is 0.369 e. The summed E-state index contributed by atoms with van der Waals surface area (Å²) in [7, 11) is 0. The maximum absolute atomic E-state index is 11.1. The van der Waals surface area contributed by atoms with E-state index in [1.807, 2.05) is 6.07 Å². The third kappa shape index (κ3) is 2.15. The van der Waals surface area contributed by atoms with Crippen molar-refractivity contribution in [2.24, 2.45) is 5.73 Å². The first kappa shape index (κ1) is 9.45. The van der Waals surface area contributed by atoms with Gasteiger partial charge in [-0.05, 0) is 12.5 Å². The van der Waals surface area contributed by atoms with Crippen LogP contribution < -0.4 is 5.73 Å². The molecule has 1 aromatic carbocycles. The predicted octanol–water partition coefficient (Wildman–Crippen LogP) is 0.844. The van der Waals surface area contributed by atoms with Gasteiger partial charge in [0.2, 0.25) is 5.91 Å². The minimum Gasteiger partial charge on any atom is -0.369 e. The van der Waals surface area contributed by atoms with Crippen LogP contribution in [0.3, 0.4) is 0 Å². The van der Waals surface area contributed by atoms with Crippen molar-refractivity contribution in [2.75, 3.05) is 0 Å². The molecule has 3 heteroatoms. The molecule has 1 unspecified atom stereocenters. The van der Waals surface area contributed by atoms with E-state index in [-0.39, 0.29) is 5.78 Å². The van der Waals surface area contributed by atoms with Gasteiger partial charge in [-0.3, -0.25) is 9.59 Å². The summed E-state index contributed by atoms with van der Waals surface area (Å²) >= 11 is 0. The fraction of sp³-hybridized carbons (Fsp3) is 0.200. The number of rotatable bonds is 3. The minimum absolute atomic E-state index is 0.223. The number of carbonyl (C=O) groups is 2. The second-order valence-electron chi connectivity index (χ2n) is 2.86. The van der Waals surface area contributed by atoms with Gasteiger partial charge >= 0.3 is 0 Å². The zero-order valence-corrected chi connectivity index (χ0v) is 7.36. The van der Waals surface area contributed by atoms with Crippen LogP contribution >= 0.6 is 0 Å². The van der Waals surface area contributed by atoms with Crippen LogP contribution in [0, 0.1) is 0 Å². The van der Waals surface area contributed by atoms with Gasteiger partial charge in [0, 0.05) is 0 Å². The molecule has 2 N–H and O–H groups in total. The minimum atomic E-state index is -0.804. The van der Waals surface area contributed by atoms with Crippen LogP contribution in [0.2, 0.25) is 0 Å². The Labute approximate surface area is 76.6 Å². The molecule has 68 valence electrons. The van der Waals surface area contributed by atoms with Gasteiger partial charge in [0.1, 0.15) is 11.7 Å². The molecule has 1 amide bonds. The van der Waals surface area contributed by atoms with Crippen molar-refractivity contribution in [3.63, 3.8) is 0 Å². The zero-order valence-electron chi connectivity index (χ0n) is 7.36. The Morgan fingerprint density at radius 1 is 1.23 bits per heavy atom. The molecule has 1 rings (SSSR count). The molecule has 0 saturated carbocycles. The second kappa shape index (κ2) is 3.85. The maximum atomic E-state index is 11.1. The summed E-state index contributed by atoms with van der Waals surface area (Å²) in [6.07, 6.45) is 0. The van der Waals surface area contributed by atoms with Crippen molar-refractivity contribution in [1.82, 2.24) is 0 Å². The summed E-state index contributed by atoms with van der Waals surface area (Å²) in [6.45, 7) is 1.36. The lowest BCUT2D eigenvalue weighted by atomic mass is 9.95. The molecule has 0 radical (unpaired) electrons. The molecular formula is C10H11NO2. The Balaban J connectivity index is 3.03. The smallest absolute Gasteiger partial charge is 0.232 e. The Kier molecular flexibility index (Phi) is 2.80. The molecule has 0 spiro atoms. The van der Waals surface area contributed by atoms with Crippen LogP contribution in [0.4, 0.5) is 0 Å². The van der Waals surface area contributed by atoms with E-state index < -0.39 is 11.8 Å². The quantitative estimate of drug-likeness (QED) is 0.695. The van der Waals surface area contributed by atoms with E-state index in [2.05, 4.69) is 0 Å². The van der Waals surface area contributed by atoms with Crippen molar-refractivity contribution in [3.8, 4) is 0 Å². The number of carbonyl (C=O) groups excluding carboxylic acids is 2. The normalized spacial score (nSPS) is 12.1. The van der Waals surface area contributed by atoms with Crippen LogP contribution in [0.1, 0.15) is 18.4 Å². The van der Waals surface area contributed by atoms with Crippen molar-refractivity contribution >= 4 is 11.7 Å². The number of amides is 1. The van der Waals surface area contributed by atoms with Crippen molar-refractivity contribution < 1.29 is 9.59 Å². The average Bonchev–Trinajstić information content (AvgIpc) is 2.04. The Hall–Kier alpha value is -1.64. The van der Waals surface area contributed by atoms with Gasteiger partial charge in [0.25, 0.3) is 0 Å². The van der Waals surface area contributed by atoms with Gasteiger partial charge in [-0.25, -0.2) is 0 Å². The summed E-state index contributed by atoms with van der Waals surface area (Å²) in [5, 5.41) is 0. The number of hydrogen-bond acceptors (Lipinski definition) is 2. The fourth-order valence-electron chi connectivity index (χ4n) is 1.24. The average molecular weight is 177 g/mol. The number of ketones is 1. The Morgan fingerprint density at radius 3 is 2.15 bits per heavy atom. The molecule has 0 aromatic heterocycles. The fourth-order valence-corrected chi connectivity index (χ4v) is 1.24. The summed E-state index contributed by atoms with van der Waals surface area (Å²) < 4.78 is 0. The summed E-state index contributed by atoms with van der Waals surface area (Å²) in [5.74, 6) is -1.63. The highest BCUT2D eigenvalue weighted by atomic mass is 16.2. The third-order valence-electron chi connectivity index (χ3n) is 1.82. The first-order valence-corrected chi connectivity index (χ1v) is 3.97. The molecule has 0 fully saturated rings. The van der Waals surface area contributed by atoms with Crippen LogP contribution in [0.25, 0.3) is 0 Å². The summed E-state index contributed by atoms with van der Waals surface area (Å²) in [5.41, 5.74) is 5.76. The molecule has 0 aliphatic heterocycles. The molecular weight excluding hydrogens is 166 g/mol. The van der Waals surface area contributed by atoms with Crippen LogP contribution in [0.5, 0.6) is 0 Å². The van der Waals surface area contributed by atoms with Gasteiger partial charge in [-0.2, -0.15) is 0 Å². The van der Waals surface area contributed by atoms with Gasteiger partial charge in [0.15, 0.2) is 0 Å². The first-order chi connectivity index (χ1) is 6.13. The predicted molar refractivity (Wildman–Crippen MR) is 49.1 cm³/mol. The van der Waals surface area contributed by atoms with Gasteiger partial charge < -0.3 is 5.73 Å². The molecule has 0 aliphatic carbocycles. The molecule has 0 saturated heterocycles. The monoisotopic (exact) mass is 177 g/mol. The Morgan fingerprint density at radius 2 is 1.77 bits per heavy atom. The number of benzene rings is 1. The van der Waals surface area contributed by atoms with E-state index in [1.165, 1.54) is 6.92 Å². The van der Waals surface area contributed by atoms with E-state index in [0.717, 1.165) is 0 Å². The van der Waals surface area contributed by atoms with Crippen LogP contribution in [0.15, 0.2) is 30.3 Å². The third-order valence-corrected chi connectivity index (χ3v) is 1.82.